The second-order valence-electron chi connectivity index (χ2n) is 12.3. The molecule has 2 amide bonds. The highest BCUT2D eigenvalue weighted by atomic mass is 19.1. The number of phenolic OH excluding ortho intramolecular Hbond substituents is 1. The molecule has 1 aromatic heterocycles. The Morgan fingerprint density at radius 2 is 1.96 bits per heavy atom. The molecule has 10 nitrogen and oxygen atoms in total. The molecule has 2 saturated heterocycles. The third kappa shape index (κ3) is 5.85. The number of aromatic hydroxyl groups is 1. The molecule has 12 heteroatoms. The molecule has 3 heterocycles. The standard InChI is InChI=1S/C34H33BFN3O7/c1-19(2)24-17-25-32(34(42)38(33(25)41)22-6-5-7-23(16-22)39(44)45)26-18-35(43)46-30(31(24)26)12-10-21(28-8-3-4-13-37-28)14-20-9-11-29(40)27(36)15-20/h3-9,11,13-16,19,25-26,30,32,40,43H,10,12,17-18H2,1-2H3/b21-14-/t25-,26+,30-,32-/m1/s1. The van der Waals surface area contributed by atoms with Crippen LogP contribution in [0.5, 0.6) is 5.75 Å². The van der Waals surface area contributed by atoms with Crippen molar-refractivity contribution in [2.45, 2.75) is 45.5 Å². The van der Waals surface area contributed by atoms with Gasteiger partial charge in [0.1, 0.15) is 0 Å². The van der Waals surface area contributed by atoms with Crippen LogP contribution in [-0.4, -0.2) is 45.1 Å². The highest BCUT2D eigenvalue weighted by Crippen LogP contribution is 2.52. The first-order valence-electron chi connectivity index (χ1n) is 15.3. The number of nitro benzene ring substituents is 1. The second-order valence-corrected chi connectivity index (χ2v) is 12.3. The minimum Gasteiger partial charge on any atom is -0.505 e. The number of carbonyl (C=O) groups excluding carboxylic acids is 2. The van der Waals surface area contributed by atoms with Crippen LogP contribution in [0.1, 0.15) is 44.4 Å². The number of phenols is 1. The minimum atomic E-state index is -1.17. The van der Waals surface area contributed by atoms with Crippen molar-refractivity contribution in [2.75, 3.05) is 4.90 Å². The SMILES string of the molecule is CC(C)C1=C2[C@@H](CC/C(=C/c3ccc(O)c(F)c3)c3ccccn3)OB(O)C[C@@H]2[C@@H]2C(=O)N(c3cccc([N+](=O)[O-])c3)C(=O)[C@@H]2C1. The van der Waals surface area contributed by atoms with E-state index in [1.807, 2.05) is 26.0 Å². The number of carbonyl (C=O) groups is 2. The van der Waals surface area contributed by atoms with Gasteiger partial charge >= 0.3 is 7.12 Å². The maximum Gasteiger partial charge on any atom is 0.455 e. The molecular weight excluding hydrogens is 592 g/mol. The summed E-state index contributed by atoms with van der Waals surface area (Å²) in [6, 6.07) is 15.1. The summed E-state index contributed by atoms with van der Waals surface area (Å²) in [6.45, 7) is 4.06. The van der Waals surface area contributed by atoms with Crippen molar-refractivity contribution < 1.29 is 33.7 Å². The molecule has 46 heavy (non-hydrogen) atoms. The van der Waals surface area contributed by atoms with Crippen LogP contribution in [0.15, 0.2) is 78.0 Å². The Morgan fingerprint density at radius 1 is 1.15 bits per heavy atom. The van der Waals surface area contributed by atoms with Crippen LogP contribution in [0.2, 0.25) is 6.32 Å². The van der Waals surface area contributed by atoms with Crippen molar-refractivity contribution in [3.05, 3.63) is 105 Å². The van der Waals surface area contributed by atoms with Gasteiger partial charge in [-0.15, -0.1) is 0 Å². The maximum absolute atomic E-state index is 14.2. The van der Waals surface area contributed by atoms with E-state index in [9.17, 15) is 34.2 Å². The molecule has 236 valence electrons. The molecule has 0 saturated carbocycles. The number of fused-ring (bicyclic) bond motifs is 3. The molecular formula is C34H33BFN3O7. The summed E-state index contributed by atoms with van der Waals surface area (Å²) in [4.78, 5) is 44.2. The summed E-state index contributed by atoms with van der Waals surface area (Å²) < 4.78 is 20.3. The van der Waals surface area contributed by atoms with Gasteiger partial charge in [0.15, 0.2) is 11.6 Å². The topological polar surface area (TPSA) is 143 Å². The molecule has 2 aliphatic heterocycles. The number of rotatable bonds is 8. The molecule has 0 bridgehead atoms. The fourth-order valence-electron chi connectivity index (χ4n) is 7.18. The zero-order valence-electron chi connectivity index (χ0n) is 25.4. The maximum atomic E-state index is 14.2. The summed E-state index contributed by atoms with van der Waals surface area (Å²) in [6.07, 6.45) is 4.22. The summed E-state index contributed by atoms with van der Waals surface area (Å²) in [5.74, 6) is -3.84. The van der Waals surface area contributed by atoms with Gasteiger partial charge in [-0.2, -0.15) is 0 Å². The third-order valence-corrected chi connectivity index (χ3v) is 9.22. The number of non-ortho nitro benzene ring substituents is 1. The molecule has 0 spiro atoms. The normalized spacial score (nSPS) is 23.2. The van der Waals surface area contributed by atoms with Gasteiger partial charge in [0, 0.05) is 18.3 Å². The van der Waals surface area contributed by atoms with Crippen LogP contribution < -0.4 is 4.90 Å². The Hall–Kier alpha value is -4.68. The van der Waals surface area contributed by atoms with E-state index in [0.29, 0.717) is 30.5 Å². The highest BCUT2D eigenvalue weighted by molar-refractivity contribution is 6.43. The zero-order valence-corrected chi connectivity index (χ0v) is 25.4. The number of halogens is 1. The van der Waals surface area contributed by atoms with Crippen molar-refractivity contribution in [2.24, 2.45) is 23.7 Å². The lowest BCUT2D eigenvalue weighted by molar-refractivity contribution is -0.384. The molecule has 2 aromatic carbocycles. The molecule has 6 rings (SSSR count). The average Bonchev–Trinajstić information content (AvgIpc) is 3.29. The third-order valence-electron chi connectivity index (χ3n) is 9.22. The lowest BCUT2D eigenvalue weighted by Gasteiger charge is -2.44. The molecule has 4 atom stereocenters. The Morgan fingerprint density at radius 3 is 2.65 bits per heavy atom. The molecule has 3 aliphatic rings. The van der Waals surface area contributed by atoms with Crippen LogP contribution in [-0.2, 0) is 14.2 Å². The van der Waals surface area contributed by atoms with E-state index in [-0.39, 0.29) is 23.6 Å². The molecule has 2 fully saturated rings. The summed E-state index contributed by atoms with van der Waals surface area (Å²) in [7, 11) is -1.17. The smallest absolute Gasteiger partial charge is 0.455 e. The fraction of sp³-hybridized carbons (Fsp3) is 0.324. The number of hydrogen-bond acceptors (Lipinski definition) is 8. The van der Waals surface area contributed by atoms with E-state index in [1.165, 1.54) is 36.4 Å². The number of nitrogens with zero attached hydrogens (tertiary/aromatic N) is 3. The molecule has 3 aromatic rings. The molecule has 2 N–H and O–H groups in total. The van der Waals surface area contributed by atoms with Crippen LogP contribution >= 0.6 is 0 Å². The first-order valence-corrected chi connectivity index (χ1v) is 15.3. The van der Waals surface area contributed by atoms with Crippen LogP contribution in [0.4, 0.5) is 15.8 Å². The van der Waals surface area contributed by atoms with Gasteiger partial charge in [0.05, 0.1) is 34.2 Å². The van der Waals surface area contributed by atoms with E-state index in [4.69, 9.17) is 4.65 Å². The number of pyridine rings is 1. The highest BCUT2D eigenvalue weighted by Gasteiger charge is 2.58. The van der Waals surface area contributed by atoms with Crippen LogP contribution in [0.25, 0.3) is 11.6 Å². The lowest BCUT2D eigenvalue weighted by atomic mass is 9.57. The van der Waals surface area contributed by atoms with Crippen LogP contribution in [0.3, 0.4) is 0 Å². The zero-order chi connectivity index (χ0) is 32.7. The quantitative estimate of drug-likeness (QED) is 0.105. The van der Waals surface area contributed by atoms with Gasteiger partial charge in [0.2, 0.25) is 11.8 Å². The van der Waals surface area contributed by atoms with Gasteiger partial charge in [0.25, 0.3) is 5.69 Å². The van der Waals surface area contributed by atoms with E-state index in [2.05, 4.69) is 4.98 Å². The molecule has 1 aliphatic carbocycles. The Kier molecular flexibility index (Phi) is 8.58. The summed E-state index contributed by atoms with van der Waals surface area (Å²) >= 11 is 0. The van der Waals surface area contributed by atoms with E-state index < -0.39 is 59.3 Å². The van der Waals surface area contributed by atoms with Gasteiger partial charge in [-0.3, -0.25) is 24.7 Å². The predicted molar refractivity (Wildman–Crippen MR) is 170 cm³/mol. The van der Waals surface area contributed by atoms with Gasteiger partial charge < -0.3 is 14.8 Å². The molecule has 0 radical (unpaired) electrons. The Balaban J connectivity index is 1.34. The summed E-state index contributed by atoms with van der Waals surface area (Å²) in [5.41, 5.74) is 3.87. The van der Waals surface area contributed by atoms with Gasteiger partial charge in [-0.05, 0) is 90.5 Å². The number of benzene rings is 2. The average molecular weight is 625 g/mol. The Labute approximate surface area is 265 Å². The predicted octanol–water partition coefficient (Wildman–Crippen LogP) is 5.81. The second kappa shape index (κ2) is 12.6. The van der Waals surface area contributed by atoms with E-state index in [0.717, 1.165) is 21.6 Å². The largest absolute Gasteiger partial charge is 0.505 e. The monoisotopic (exact) mass is 625 g/mol. The number of amides is 2. The number of nitro groups is 1. The van der Waals surface area contributed by atoms with Crippen molar-refractivity contribution in [3.63, 3.8) is 0 Å². The summed E-state index contributed by atoms with van der Waals surface area (Å²) in [5, 5.41) is 32.0. The first kappa shape index (κ1) is 31.3. The van der Waals surface area contributed by atoms with Gasteiger partial charge in [-0.25, -0.2) is 9.29 Å². The number of hydrogen-bond donors (Lipinski definition) is 2. The first-order chi connectivity index (χ1) is 22.0. The van der Waals surface area contributed by atoms with E-state index in [1.54, 1.807) is 24.4 Å². The van der Waals surface area contributed by atoms with Crippen LogP contribution in [0, 0.1) is 39.6 Å². The number of allylic oxidation sites excluding steroid dienone is 2. The molecule has 0 unspecified atom stereocenters. The number of anilines is 1. The Bertz CT molecular complexity index is 1760. The van der Waals surface area contributed by atoms with Crippen molar-refractivity contribution in [1.82, 2.24) is 4.98 Å². The van der Waals surface area contributed by atoms with Crippen molar-refractivity contribution >= 4 is 42.0 Å². The van der Waals surface area contributed by atoms with Crippen molar-refractivity contribution in [3.8, 4) is 5.75 Å². The number of aromatic nitrogens is 1. The fourth-order valence-corrected chi connectivity index (χ4v) is 7.18. The lowest BCUT2D eigenvalue weighted by Crippen LogP contribution is -2.46. The van der Waals surface area contributed by atoms with Crippen molar-refractivity contribution in [1.29, 1.82) is 0 Å². The number of imide groups is 1. The van der Waals surface area contributed by atoms with Gasteiger partial charge in [-0.1, -0.05) is 37.6 Å². The minimum absolute atomic E-state index is 0.0281. The van der Waals surface area contributed by atoms with E-state index >= 15 is 0 Å².